The predicted molar refractivity (Wildman–Crippen MR) is 113 cm³/mol. The van der Waals surface area contributed by atoms with Gasteiger partial charge in [0.15, 0.2) is 15.8 Å². The minimum Gasteiger partial charge on any atom is -0.370 e. The van der Waals surface area contributed by atoms with Crippen molar-refractivity contribution in [2.45, 2.75) is 24.2 Å². The average molecular weight is 391 g/mol. The molecule has 1 heterocycles. The number of sulfone groups is 1. The molecule has 148 valence electrons. The van der Waals surface area contributed by atoms with Crippen molar-refractivity contribution in [3.05, 3.63) is 42.5 Å². The van der Waals surface area contributed by atoms with Crippen molar-refractivity contribution in [1.82, 2.24) is 4.90 Å². The fourth-order valence-corrected chi connectivity index (χ4v) is 4.16. The lowest BCUT2D eigenvalue weighted by molar-refractivity contribution is 0.214. The Morgan fingerprint density at radius 2 is 1.74 bits per heavy atom. The Morgan fingerprint density at radius 1 is 1.11 bits per heavy atom. The Morgan fingerprint density at radius 3 is 2.37 bits per heavy atom. The molecule has 1 fully saturated rings. The molecule has 0 bridgehead atoms. The molecular formula is C20H30N4O2S. The van der Waals surface area contributed by atoms with Crippen molar-refractivity contribution in [3.63, 3.8) is 0 Å². The largest absolute Gasteiger partial charge is 0.370 e. The highest BCUT2D eigenvalue weighted by molar-refractivity contribution is 7.91. The first-order chi connectivity index (χ1) is 12.8. The number of likely N-dealkylation sites (tertiary alicyclic amines) is 1. The van der Waals surface area contributed by atoms with E-state index in [0.717, 1.165) is 29.7 Å². The highest BCUT2D eigenvalue weighted by atomic mass is 32.2. The first kappa shape index (κ1) is 21.2. The molecular weight excluding hydrogens is 360 g/mol. The lowest BCUT2D eigenvalue weighted by Crippen LogP contribution is -2.30. The zero-order valence-electron chi connectivity index (χ0n) is 16.1. The number of benzene rings is 2. The SMILES string of the molecule is CN1CCC(CCN=C(N)N)CC1.CS(=O)(=O)c1cccc2ccccc12. The molecule has 1 saturated heterocycles. The van der Waals surface area contributed by atoms with Gasteiger partial charge in [-0.05, 0) is 56.8 Å². The molecule has 3 rings (SSSR count). The first-order valence-electron chi connectivity index (χ1n) is 9.19. The third kappa shape index (κ3) is 6.84. The van der Waals surface area contributed by atoms with Gasteiger partial charge in [0, 0.05) is 18.2 Å². The van der Waals surface area contributed by atoms with Crippen molar-refractivity contribution in [2.24, 2.45) is 22.4 Å². The summed E-state index contributed by atoms with van der Waals surface area (Å²) in [6.07, 6.45) is 4.94. The fourth-order valence-electron chi connectivity index (χ4n) is 3.25. The maximum atomic E-state index is 11.4. The maximum absolute atomic E-state index is 11.4. The maximum Gasteiger partial charge on any atom is 0.185 e. The molecule has 4 N–H and O–H groups in total. The molecule has 0 saturated carbocycles. The molecule has 27 heavy (non-hydrogen) atoms. The van der Waals surface area contributed by atoms with E-state index in [1.165, 1.54) is 32.2 Å². The summed E-state index contributed by atoms with van der Waals surface area (Å²) in [7, 11) is -0.957. The second-order valence-corrected chi connectivity index (χ2v) is 9.08. The van der Waals surface area contributed by atoms with Crippen LogP contribution < -0.4 is 11.5 Å². The van der Waals surface area contributed by atoms with E-state index in [9.17, 15) is 8.42 Å². The molecule has 1 aliphatic heterocycles. The van der Waals surface area contributed by atoms with E-state index in [-0.39, 0.29) is 5.96 Å². The smallest absolute Gasteiger partial charge is 0.185 e. The van der Waals surface area contributed by atoms with Crippen LogP contribution in [-0.2, 0) is 9.84 Å². The summed E-state index contributed by atoms with van der Waals surface area (Å²) in [6.45, 7) is 3.22. The lowest BCUT2D eigenvalue weighted by Gasteiger charge is -2.28. The van der Waals surface area contributed by atoms with Crippen LogP contribution >= 0.6 is 0 Å². The Kier molecular flexibility index (Phi) is 7.62. The van der Waals surface area contributed by atoms with Gasteiger partial charge in [0.05, 0.1) is 4.90 Å². The third-order valence-electron chi connectivity index (χ3n) is 4.82. The van der Waals surface area contributed by atoms with Crippen LogP contribution in [0.4, 0.5) is 0 Å². The summed E-state index contributed by atoms with van der Waals surface area (Å²) in [5, 5.41) is 1.74. The van der Waals surface area contributed by atoms with Crippen LogP contribution in [0.2, 0.25) is 0 Å². The van der Waals surface area contributed by atoms with Crippen molar-refractivity contribution in [2.75, 3.05) is 32.9 Å². The lowest BCUT2D eigenvalue weighted by atomic mass is 9.94. The van der Waals surface area contributed by atoms with E-state index in [2.05, 4.69) is 16.9 Å². The quantitative estimate of drug-likeness (QED) is 0.616. The molecule has 7 heteroatoms. The monoisotopic (exact) mass is 390 g/mol. The minimum atomic E-state index is -3.13. The van der Waals surface area contributed by atoms with E-state index >= 15 is 0 Å². The van der Waals surface area contributed by atoms with E-state index < -0.39 is 9.84 Å². The summed E-state index contributed by atoms with van der Waals surface area (Å²) in [5.41, 5.74) is 10.5. The number of hydrogen-bond acceptors (Lipinski definition) is 4. The van der Waals surface area contributed by atoms with E-state index in [0.29, 0.717) is 4.90 Å². The summed E-state index contributed by atoms with van der Waals surface area (Å²) in [5.74, 6) is 1.03. The fraction of sp³-hybridized carbons (Fsp3) is 0.450. The standard InChI is InChI=1S/C11H10O2S.C9H20N4/c1-14(12,13)11-8-4-6-9-5-2-3-7-10(9)11;1-13-6-3-8(4-7-13)2-5-12-9(10)11/h2-8H,1H3;8H,2-7H2,1H3,(H4,10,11,12). The number of fused-ring (bicyclic) bond motifs is 1. The molecule has 6 nitrogen and oxygen atoms in total. The van der Waals surface area contributed by atoms with Crippen LogP contribution in [-0.4, -0.2) is 52.2 Å². The number of nitrogens with zero attached hydrogens (tertiary/aromatic N) is 2. The summed E-state index contributed by atoms with van der Waals surface area (Å²) >= 11 is 0. The van der Waals surface area contributed by atoms with Gasteiger partial charge >= 0.3 is 0 Å². The van der Waals surface area contributed by atoms with Crippen LogP contribution in [0, 0.1) is 5.92 Å². The summed E-state index contributed by atoms with van der Waals surface area (Å²) < 4.78 is 22.9. The van der Waals surface area contributed by atoms with Crippen molar-refractivity contribution in [3.8, 4) is 0 Å². The molecule has 0 atom stereocenters. The van der Waals surface area contributed by atoms with E-state index in [1.54, 1.807) is 12.1 Å². The number of aliphatic imine (C=N–C) groups is 1. The zero-order chi connectivity index (χ0) is 19.9. The van der Waals surface area contributed by atoms with Crippen molar-refractivity contribution >= 4 is 26.6 Å². The van der Waals surface area contributed by atoms with Crippen molar-refractivity contribution in [1.29, 1.82) is 0 Å². The average Bonchev–Trinajstić information content (AvgIpc) is 2.62. The third-order valence-corrected chi connectivity index (χ3v) is 5.97. The van der Waals surface area contributed by atoms with Crippen LogP contribution in [0.15, 0.2) is 52.4 Å². The van der Waals surface area contributed by atoms with Gasteiger partial charge in [-0.1, -0.05) is 36.4 Å². The van der Waals surface area contributed by atoms with E-state index in [1.807, 2.05) is 30.3 Å². The van der Waals surface area contributed by atoms with Gasteiger partial charge < -0.3 is 16.4 Å². The molecule has 0 radical (unpaired) electrons. The molecule has 0 aromatic heterocycles. The van der Waals surface area contributed by atoms with Gasteiger partial charge in [-0.2, -0.15) is 0 Å². The topological polar surface area (TPSA) is 102 Å². The number of hydrogen-bond donors (Lipinski definition) is 2. The van der Waals surface area contributed by atoms with Crippen LogP contribution in [0.1, 0.15) is 19.3 Å². The van der Waals surface area contributed by atoms with Crippen LogP contribution in [0.3, 0.4) is 0 Å². The van der Waals surface area contributed by atoms with Gasteiger partial charge in [-0.15, -0.1) is 0 Å². The van der Waals surface area contributed by atoms with Gasteiger partial charge in [-0.3, -0.25) is 4.99 Å². The summed E-state index contributed by atoms with van der Waals surface area (Å²) in [6, 6.07) is 12.8. The number of guanidine groups is 1. The van der Waals surface area contributed by atoms with Gasteiger partial charge in [0.2, 0.25) is 0 Å². The Balaban J connectivity index is 0.000000194. The molecule has 0 unspecified atom stereocenters. The van der Waals surface area contributed by atoms with Crippen LogP contribution in [0.25, 0.3) is 10.8 Å². The van der Waals surface area contributed by atoms with Gasteiger partial charge in [0.25, 0.3) is 0 Å². The summed E-state index contributed by atoms with van der Waals surface area (Å²) in [4.78, 5) is 6.77. The van der Waals surface area contributed by atoms with Crippen molar-refractivity contribution < 1.29 is 8.42 Å². The molecule has 0 amide bonds. The minimum absolute atomic E-state index is 0.216. The normalized spacial score (nSPS) is 15.8. The second-order valence-electron chi connectivity index (χ2n) is 7.09. The highest BCUT2D eigenvalue weighted by Crippen LogP contribution is 2.22. The zero-order valence-corrected chi connectivity index (χ0v) is 17.0. The Bertz CT molecular complexity index is 863. The van der Waals surface area contributed by atoms with Crippen LogP contribution in [0.5, 0.6) is 0 Å². The predicted octanol–water partition coefficient (Wildman–Crippen LogP) is 2.24. The number of piperidine rings is 1. The van der Waals surface area contributed by atoms with Gasteiger partial charge in [0.1, 0.15) is 0 Å². The molecule has 0 aliphatic carbocycles. The molecule has 2 aromatic carbocycles. The molecule has 2 aromatic rings. The number of nitrogens with two attached hydrogens (primary N) is 2. The Labute approximate surface area is 162 Å². The Hall–Kier alpha value is -2.12. The second kappa shape index (κ2) is 9.71. The van der Waals surface area contributed by atoms with Gasteiger partial charge in [-0.25, -0.2) is 8.42 Å². The number of rotatable bonds is 4. The first-order valence-corrected chi connectivity index (χ1v) is 11.1. The molecule has 0 spiro atoms. The van der Waals surface area contributed by atoms with E-state index in [4.69, 9.17) is 11.5 Å². The molecule has 1 aliphatic rings. The highest BCUT2D eigenvalue weighted by Gasteiger charge is 2.15.